The molecule has 16 heavy (non-hydrogen) atoms. The summed E-state index contributed by atoms with van der Waals surface area (Å²) in [5.41, 5.74) is 7.19. The molecule has 0 fully saturated rings. The minimum atomic E-state index is -0.909. The van der Waals surface area contributed by atoms with E-state index >= 15 is 0 Å². The molecule has 82 valence electrons. The third kappa shape index (κ3) is 1.84. The maximum atomic E-state index is 13.0. The molecule has 0 amide bonds. The number of halogens is 2. The van der Waals surface area contributed by atoms with Gasteiger partial charge in [0.2, 0.25) is 0 Å². The fourth-order valence-electron chi connectivity index (χ4n) is 1.29. The first kappa shape index (κ1) is 10.5. The SMILES string of the molecule is Cc1cc(-c2ccc(F)c(F)c2)nnc1N. The molecule has 0 aliphatic carbocycles. The van der Waals surface area contributed by atoms with E-state index in [1.807, 2.05) is 0 Å². The number of hydrogen-bond acceptors (Lipinski definition) is 3. The van der Waals surface area contributed by atoms with Gasteiger partial charge in [-0.2, -0.15) is 0 Å². The maximum Gasteiger partial charge on any atom is 0.159 e. The molecule has 0 aliphatic rings. The lowest BCUT2D eigenvalue weighted by Crippen LogP contribution is -1.98. The molecule has 0 aliphatic heterocycles. The molecule has 0 radical (unpaired) electrons. The van der Waals surface area contributed by atoms with Gasteiger partial charge in [0.05, 0.1) is 5.69 Å². The molecule has 3 nitrogen and oxygen atoms in total. The van der Waals surface area contributed by atoms with Gasteiger partial charge in [0.1, 0.15) is 5.82 Å². The van der Waals surface area contributed by atoms with Crippen molar-refractivity contribution in [2.45, 2.75) is 6.92 Å². The van der Waals surface area contributed by atoms with Gasteiger partial charge < -0.3 is 5.73 Å². The smallest absolute Gasteiger partial charge is 0.159 e. The van der Waals surface area contributed by atoms with E-state index in [-0.39, 0.29) is 0 Å². The maximum absolute atomic E-state index is 13.0. The molecule has 0 bridgehead atoms. The molecular formula is C11H9F2N3. The average molecular weight is 221 g/mol. The first-order chi connectivity index (χ1) is 7.58. The highest BCUT2D eigenvalue weighted by molar-refractivity contribution is 5.61. The first-order valence-electron chi connectivity index (χ1n) is 4.63. The third-order valence-electron chi connectivity index (χ3n) is 2.24. The molecule has 1 aromatic carbocycles. The Bertz CT molecular complexity index is 491. The lowest BCUT2D eigenvalue weighted by molar-refractivity contribution is 0.509. The molecule has 0 unspecified atom stereocenters. The van der Waals surface area contributed by atoms with E-state index in [1.54, 1.807) is 13.0 Å². The number of nitrogen functional groups attached to an aromatic ring is 1. The molecule has 1 aromatic heterocycles. The van der Waals surface area contributed by atoms with Crippen LogP contribution in [0, 0.1) is 18.6 Å². The van der Waals surface area contributed by atoms with E-state index in [2.05, 4.69) is 10.2 Å². The van der Waals surface area contributed by atoms with Crippen molar-refractivity contribution in [2.24, 2.45) is 0 Å². The van der Waals surface area contributed by atoms with Crippen molar-refractivity contribution in [1.82, 2.24) is 10.2 Å². The number of nitrogens with two attached hydrogens (primary N) is 1. The Hall–Kier alpha value is -2.04. The van der Waals surface area contributed by atoms with Crippen LogP contribution in [-0.2, 0) is 0 Å². The lowest BCUT2D eigenvalue weighted by atomic mass is 10.1. The van der Waals surface area contributed by atoms with Crippen LogP contribution in [-0.4, -0.2) is 10.2 Å². The van der Waals surface area contributed by atoms with Crippen LogP contribution < -0.4 is 5.73 Å². The third-order valence-corrected chi connectivity index (χ3v) is 2.24. The molecule has 2 N–H and O–H groups in total. The van der Waals surface area contributed by atoms with E-state index in [1.165, 1.54) is 6.07 Å². The Balaban J connectivity index is 2.50. The molecule has 0 spiro atoms. The molecule has 2 rings (SSSR count). The van der Waals surface area contributed by atoms with Gasteiger partial charge in [0.15, 0.2) is 11.6 Å². The lowest BCUT2D eigenvalue weighted by Gasteiger charge is -2.03. The highest BCUT2D eigenvalue weighted by Gasteiger charge is 2.07. The number of nitrogens with zero attached hydrogens (tertiary/aromatic N) is 2. The van der Waals surface area contributed by atoms with E-state index in [0.717, 1.165) is 17.7 Å². The number of aromatic nitrogens is 2. The predicted molar refractivity (Wildman–Crippen MR) is 56.5 cm³/mol. The van der Waals surface area contributed by atoms with Crippen molar-refractivity contribution in [3.8, 4) is 11.3 Å². The molecule has 2 aromatic rings. The summed E-state index contributed by atoms with van der Waals surface area (Å²) in [6.07, 6.45) is 0. The molecule has 0 saturated heterocycles. The molecule has 0 saturated carbocycles. The second-order valence-corrected chi connectivity index (χ2v) is 3.43. The van der Waals surface area contributed by atoms with Crippen LogP contribution in [0.2, 0.25) is 0 Å². The van der Waals surface area contributed by atoms with Gasteiger partial charge in [-0.05, 0) is 36.8 Å². The Labute approximate surface area is 90.9 Å². The summed E-state index contributed by atoms with van der Waals surface area (Å²) in [7, 11) is 0. The first-order valence-corrected chi connectivity index (χ1v) is 4.63. The number of benzene rings is 1. The van der Waals surface area contributed by atoms with Gasteiger partial charge in [0, 0.05) is 5.56 Å². The van der Waals surface area contributed by atoms with Crippen molar-refractivity contribution < 1.29 is 8.78 Å². The normalized spacial score (nSPS) is 10.4. The van der Waals surface area contributed by atoms with Gasteiger partial charge in [-0.15, -0.1) is 10.2 Å². The summed E-state index contributed by atoms with van der Waals surface area (Å²) >= 11 is 0. The quantitative estimate of drug-likeness (QED) is 0.803. The molecule has 0 atom stereocenters. The Kier molecular flexibility index (Phi) is 2.52. The van der Waals surface area contributed by atoms with Crippen LogP contribution in [0.25, 0.3) is 11.3 Å². The summed E-state index contributed by atoms with van der Waals surface area (Å²) in [6.45, 7) is 1.77. The Morgan fingerprint density at radius 3 is 2.44 bits per heavy atom. The van der Waals surface area contributed by atoms with Crippen molar-refractivity contribution in [3.05, 3.63) is 41.5 Å². The number of anilines is 1. The van der Waals surface area contributed by atoms with E-state index in [4.69, 9.17) is 5.73 Å². The van der Waals surface area contributed by atoms with Crippen molar-refractivity contribution in [2.75, 3.05) is 5.73 Å². The van der Waals surface area contributed by atoms with Gasteiger partial charge in [-0.1, -0.05) is 0 Å². The number of rotatable bonds is 1. The Morgan fingerprint density at radius 1 is 1.06 bits per heavy atom. The summed E-state index contributed by atoms with van der Waals surface area (Å²) in [4.78, 5) is 0. The van der Waals surface area contributed by atoms with Crippen LogP contribution in [0.5, 0.6) is 0 Å². The van der Waals surface area contributed by atoms with Crippen LogP contribution in [0.1, 0.15) is 5.56 Å². The topological polar surface area (TPSA) is 51.8 Å². The van der Waals surface area contributed by atoms with Crippen LogP contribution in [0.3, 0.4) is 0 Å². The van der Waals surface area contributed by atoms with E-state index in [0.29, 0.717) is 17.1 Å². The van der Waals surface area contributed by atoms with Crippen molar-refractivity contribution in [1.29, 1.82) is 0 Å². The van der Waals surface area contributed by atoms with Crippen molar-refractivity contribution in [3.63, 3.8) is 0 Å². The van der Waals surface area contributed by atoms with Crippen LogP contribution in [0.15, 0.2) is 24.3 Å². The molecular weight excluding hydrogens is 212 g/mol. The van der Waals surface area contributed by atoms with Gasteiger partial charge in [-0.25, -0.2) is 8.78 Å². The monoisotopic (exact) mass is 221 g/mol. The fraction of sp³-hybridized carbons (Fsp3) is 0.0909. The highest BCUT2D eigenvalue weighted by Crippen LogP contribution is 2.21. The predicted octanol–water partition coefficient (Wildman–Crippen LogP) is 2.31. The Morgan fingerprint density at radius 2 is 1.81 bits per heavy atom. The van der Waals surface area contributed by atoms with Gasteiger partial charge in [-0.3, -0.25) is 0 Å². The summed E-state index contributed by atoms with van der Waals surface area (Å²) in [6, 6.07) is 5.25. The largest absolute Gasteiger partial charge is 0.382 e. The zero-order valence-corrected chi connectivity index (χ0v) is 8.54. The van der Waals surface area contributed by atoms with Crippen molar-refractivity contribution >= 4 is 5.82 Å². The number of hydrogen-bond donors (Lipinski definition) is 1. The van der Waals surface area contributed by atoms with Crippen LogP contribution >= 0.6 is 0 Å². The average Bonchev–Trinajstić information content (AvgIpc) is 2.26. The fourth-order valence-corrected chi connectivity index (χ4v) is 1.29. The minimum Gasteiger partial charge on any atom is -0.382 e. The number of aryl methyl sites for hydroxylation is 1. The minimum absolute atomic E-state index is 0.325. The zero-order chi connectivity index (χ0) is 11.7. The van der Waals surface area contributed by atoms with E-state index < -0.39 is 11.6 Å². The summed E-state index contributed by atoms with van der Waals surface area (Å²) < 4.78 is 25.7. The second kappa shape index (κ2) is 3.84. The molecule has 5 heteroatoms. The van der Waals surface area contributed by atoms with Gasteiger partial charge in [0.25, 0.3) is 0 Å². The molecule has 1 heterocycles. The van der Waals surface area contributed by atoms with Crippen LogP contribution in [0.4, 0.5) is 14.6 Å². The second-order valence-electron chi connectivity index (χ2n) is 3.43. The zero-order valence-electron chi connectivity index (χ0n) is 8.54. The highest BCUT2D eigenvalue weighted by atomic mass is 19.2. The van der Waals surface area contributed by atoms with E-state index in [9.17, 15) is 8.78 Å². The van der Waals surface area contributed by atoms with Gasteiger partial charge >= 0.3 is 0 Å². The standard InChI is InChI=1S/C11H9F2N3/c1-6-4-10(15-16-11(6)14)7-2-3-8(12)9(13)5-7/h2-5H,1H3,(H2,14,16). The summed E-state index contributed by atoms with van der Waals surface area (Å²) in [5, 5.41) is 7.53. The summed E-state index contributed by atoms with van der Waals surface area (Å²) in [5.74, 6) is -1.47.